The quantitative estimate of drug-likeness (QED) is 0.436. The standard InChI is InChI=1S/C22H22N8O3S/c1-34(31,32)29-17-4-2-3-14(9-17)15-10-18-19(24-11-15)21(30-5-7-33-8-6-30)28-20(27-18)16-12-25-22(23)26-13-16/h2-4,9-13,29H,5-8H2,1H3,(H2,23,25,26). The molecule has 174 valence electrons. The number of nitrogens with two attached hydrogens (primary N) is 1. The summed E-state index contributed by atoms with van der Waals surface area (Å²) in [5, 5.41) is 0. The average Bonchev–Trinajstić information content (AvgIpc) is 2.83. The van der Waals surface area contributed by atoms with E-state index in [0.717, 1.165) is 17.4 Å². The molecule has 11 nitrogen and oxygen atoms in total. The maximum Gasteiger partial charge on any atom is 0.229 e. The Morgan fingerprint density at radius 1 is 0.971 bits per heavy atom. The van der Waals surface area contributed by atoms with E-state index in [1.54, 1.807) is 36.8 Å². The lowest BCUT2D eigenvalue weighted by molar-refractivity contribution is 0.122. The number of rotatable bonds is 5. The van der Waals surface area contributed by atoms with Crippen LogP contribution in [0.4, 0.5) is 17.5 Å². The first-order valence-electron chi connectivity index (χ1n) is 10.5. The van der Waals surface area contributed by atoms with E-state index in [1.165, 1.54) is 0 Å². The van der Waals surface area contributed by atoms with Crippen LogP contribution in [0.2, 0.25) is 0 Å². The highest BCUT2D eigenvalue weighted by Gasteiger charge is 2.20. The monoisotopic (exact) mass is 478 g/mol. The summed E-state index contributed by atoms with van der Waals surface area (Å²) in [6.07, 6.45) is 6.03. The minimum atomic E-state index is -3.39. The van der Waals surface area contributed by atoms with Gasteiger partial charge in [0.25, 0.3) is 0 Å². The van der Waals surface area contributed by atoms with Crippen LogP contribution >= 0.6 is 0 Å². The van der Waals surface area contributed by atoms with Gasteiger partial charge in [0.1, 0.15) is 5.52 Å². The van der Waals surface area contributed by atoms with Crippen molar-refractivity contribution in [2.45, 2.75) is 0 Å². The fraction of sp³-hybridized carbons (Fsp3) is 0.227. The highest BCUT2D eigenvalue weighted by atomic mass is 32.2. The summed E-state index contributed by atoms with van der Waals surface area (Å²) in [7, 11) is -3.39. The molecule has 0 aliphatic carbocycles. The average molecular weight is 479 g/mol. The van der Waals surface area contributed by atoms with Crippen LogP contribution < -0.4 is 15.4 Å². The number of morpholine rings is 1. The number of nitrogen functional groups attached to an aromatic ring is 1. The molecule has 0 amide bonds. The lowest BCUT2D eigenvalue weighted by atomic mass is 10.1. The van der Waals surface area contributed by atoms with Crippen molar-refractivity contribution < 1.29 is 13.2 Å². The molecule has 4 aromatic rings. The van der Waals surface area contributed by atoms with Gasteiger partial charge in [0.05, 0.1) is 30.5 Å². The van der Waals surface area contributed by atoms with E-state index < -0.39 is 10.0 Å². The third-order valence-corrected chi connectivity index (χ3v) is 5.86. The molecule has 1 fully saturated rings. The molecule has 12 heteroatoms. The highest BCUT2D eigenvalue weighted by molar-refractivity contribution is 7.92. The van der Waals surface area contributed by atoms with Gasteiger partial charge in [-0.05, 0) is 23.8 Å². The van der Waals surface area contributed by atoms with Crippen molar-refractivity contribution in [3.63, 3.8) is 0 Å². The van der Waals surface area contributed by atoms with E-state index in [1.807, 2.05) is 12.1 Å². The second-order valence-electron chi connectivity index (χ2n) is 7.85. The van der Waals surface area contributed by atoms with E-state index in [2.05, 4.69) is 24.6 Å². The number of nitrogens with one attached hydrogen (secondary N) is 1. The van der Waals surface area contributed by atoms with Gasteiger partial charge in [0, 0.05) is 42.9 Å². The smallest absolute Gasteiger partial charge is 0.229 e. The number of hydrogen-bond donors (Lipinski definition) is 2. The summed E-state index contributed by atoms with van der Waals surface area (Å²) in [6.45, 7) is 2.58. The van der Waals surface area contributed by atoms with E-state index in [0.29, 0.717) is 60.2 Å². The number of sulfonamides is 1. The maximum absolute atomic E-state index is 11.6. The first-order chi connectivity index (χ1) is 16.4. The van der Waals surface area contributed by atoms with Crippen molar-refractivity contribution >= 4 is 38.5 Å². The zero-order valence-corrected chi connectivity index (χ0v) is 19.2. The molecular formula is C22H22N8O3S. The van der Waals surface area contributed by atoms with Gasteiger partial charge < -0.3 is 15.4 Å². The van der Waals surface area contributed by atoms with E-state index in [-0.39, 0.29) is 5.95 Å². The summed E-state index contributed by atoms with van der Waals surface area (Å²) in [5.74, 6) is 1.34. The van der Waals surface area contributed by atoms with Gasteiger partial charge in [-0.3, -0.25) is 9.71 Å². The third-order valence-electron chi connectivity index (χ3n) is 5.26. The SMILES string of the molecule is CS(=O)(=O)Nc1cccc(-c2cnc3c(N4CCOCC4)nc(-c4cnc(N)nc4)nc3c2)c1. The van der Waals surface area contributed by atoms with E-state index in [4.69, 9.17) is 20.4 Å². The number of nitrogens with zero attached hydrogens (tertiary/aromatic N) is 6. The number of pyridine rings is 1. The van der Waals surface area contributed by atoms with Gasteiger partial charge in [0.15, 0.2) is 11.6 Å². The predicted molar refractivity (Wildman–Crippen MR) is 130 cm³/mol. The van der Waals surface area contributed by atoms with Crippen LogP contribution in [0.5, 0.6) is 0 Å². The lowest BCUT2D eigenvalue weighted by Crippen LogP contribution is -2.37. The highest BCUT2D eigenvalue weighted by Crippen LogP contribution is 2.30. The van der Waals surface area contributed by atoms with Gasteiger partial charge in [-0.15, -0.1) is 0 Å². The first kappa shape index (κ1) is 21.9. The minimum absolute atomic E-state index is 0.171. The van der Waals surface area contributed by atoms with Crippen molar-refractivity contribution in [2.75, 3.05) is 47.9 Å². The van der Waals surface area contributed by atoms with Gasteiger partial charge in [-0.25, -0.2) is 28.4 Å². The fourth-order valence-electron chi connectivity index (χ4n) is 3.72. The minimum Gasteiger partial charge on any atom is -0.378 e. The first-order valence-corrected chi connectivity index (χ1v) is 12.4. The molecular weight excluding hydrogens is 456 g/mol. The van der Waals surface area contributed by atoms with Crippen LogP contribution in [0, 0.1) is 0 Å². The van der Waals surface area contributed by atoms with Crippen LogP contribution in [0.1, 0.15) is 0 Å². The third kappa shape index (κ3) is 4.72. The molecule has 0 spiro atoms. The number of aromatic nitrogens is 5. The van der Waals surface area contributed by atoms with E-state index in [9.17, 15) is 8.42 Å². The molecule has 34 heavy (non-hydrogen) atoms. The molecule has 1 aromatic carbocycles. The molecule has 0 bridgehead atoms. The van der Waals surface area contributed by atoms with Gasteiger partial charge in [-0.1, -0.05) is 12.1 Å². The van der Waals surface area contributed by atoms with Gasteiger partial charge in [-0.2, -0.15) is 0 Å². The van der Waals surface area contributed by atoms with Crippen molar-refractivity contribution in [1.29, 1.82) is 0 Å². The van der Waals surface area contributed by atoms with Crippen molar-refractivity contribution in [2.24, 2.45) is 0 Å². The lowest BCUT2D eigenvalue weighted by Gasteiger charge is -2.28. The van der Waals surface area contributed by atoms with Gasteiger partial charge in [0.2, 0.25) is 16.0 Å². The van der Waals surface area contributed by atoms with Crippen molar-refractivity contribution in [1.82, 2.24) is 24.9 Å². The molecule has 1 aliphatic rings. The molecule has 3 aromatic heterocycles. The molecule has 1 aliphatic heterocycles. The van der Waals surface area contributed by atoms with Crippen molar-refractivity contribution in [3.8, 4) is 22.5 Å². The van der Waals surface area contributed by atoms with Crippen LogP contribution in [0.3, 0.4) is 0 Å². The zero-order valence-electron chi connectivity index (χ0n) is 18.3. The second-order valence-corrected chi connectivity index (χ2v) is 9.60. The Labute approximate surface area is 196 Å². The van der Waals surface area contributed by atoms with Gasteiger partial charge >= 0.3 is 0 Å². The molecule has 0 atom stereocenters. The Bertz CT molecular complexity index is 1460. The Hall–Kier alpha value is -3.90. The molecule has 4 heterocycles. The molecule has 5 rings (SSSR count). The molecule has 3 N–H and O–H groups in total. The summed E-state index contributed by atoms with van der Waals surface area (Å²) >= 11 is 0. The Morgan fingerprint density at radius 2 is 1.71 bits per heavy atom. The topological polar surface area (TPSA) is 149 Å². The number of benzene rings is 1. The predicted octanol–water partition coefficient (Wildman–Crippen LogP) is 1.94. The summed E-state index contributed by atoms with van der Waals surface area (Å²) < 4.78 is 31.3. The number of anilines is 3. The molecule has 0 unspecified atom stereocenters. The summed E-state index contributed by atoms with van der Waals surface area (Å²) in [4.78, 5) is 24.5. The summed E-state index contributed by atoms with van der Waals surface area (Å²) in [6, 6.07) is 9.02. The number of ether oxygens (including phenoxy) is 1. The van der Waals surface area contributed by atoms with Crippen LogP contribution in [-0.2, 0) is 14.8 Å². The normalized spacial score (nSPS) is 14.3. The van der Waals surface area contributed by atoms with Crippen LogP contribution in [0.15, 0.2) is 48.9 Å². The zero-order chi connectivity index (χ0) is 23.7. The van der Waals surface area contributed by atoms with E-state index >= 15 is 0 Å². The number of hydrogen-bond acceptors (Lipinski definition) is 10. The molecule has 1 saturated heterocycles. The second kappa shape index (κ2) is 8.80. The molecule has 0 radical (unpaired) electrons. The Balaban J connectivity index is 1.63. The van der Waals surface area contributed by atoms with Crippen molar-refractivity contribution in [3.05, 3.63) is 48.9 Å². The maximum atomic E-state index is 11.6. The Morgan fingerprint density at radius 3 is 2.44 bits per heavy atom. The van der Waals surface area contributed by atoms with Crippen LogP contribution in [-0.4, -0.2) is 65.9 Å². The molecule has 0 saturated carbocycles. The fourth-order valence-corrected chi connectivity index (χ4v) is 4.27. The largest absolute Gasteiger partial charge is 0.378 e. The summed E-state index contributed by atoms with van der Waals surface area (Å²) in [5.41, 5.74) is 9.63. The Kier molecular flexibility index (Phi) is 5.67. The number of fused-ring (bicyclic) bond motifs is 1. The van der Waals surface area contributed by atoms with Crippen LogP contribution in [0.25, 0.3) is 33.5 Å².